The van der Waals surface area contributed by atoms with Crippen LogP contribution in [0.15, 0.2) is 77.2 Å². The zero-order valence-corrected chi connectivity index (χ0v) is 20.4. The Morgan fingerprint density at radius 2 is 1.78 bits per heavy atom. The third-order valence-corrected chi connectivity index (χ3v) is 5.95. The number of nitrogens with zero attached hydrogens (tertiary/aromatic N) is 2. The van der Waals surface area contributed by atoms with Gasteiger partial charge in [0.1, 0.15) is 12.4 Å². The second kappa shape index (κ2) is 11.3. The molecule has 0 unspecified atom stereocenters. The summed E-state index contributed by atoms with van der Waals surface area (Å²) in [7, 11) is 0. The van der Waals surface area contributed by atoms with Crippen LogP contribution in [0.2, 0.25) is 0 Å². The second-order valence-corrected chi connectivity index (χ2v) is 8.17. The SMILES string of the molecule is CCN(CC)c1cccc2cc(N(C=O)CCOc3ccc(C(=O)Nc4ccccc4N)cc3)oc12. The average Bonchev–Trinajstić information content (AvgIpc) is 3.34. The highest BCUT2D eigenvalue weighted by molar-refractivity contribution is 6.05. The number of carbonyl (C=O) groups is 2. The molecular weight excluding hydrogens is 456 g/mol. The molecule has 0 spiro atoms. The van der Waals surface area contributed by atoms with E-state index in [0.717, 1.165) is 36.2 Å². The third-order valence-electron chi connectivity index (χ3n) is 5.95. The minimum Gasteiger partial charge on any atom is -0.492 e. The fourth-order valence-electron chi connectivity index (χ4n) is 3.97. The molecule has 4 aromatic rings. The van der Waals surface area contributed by atoms with E-state index >= 15 is 0 Å². The van der Waals surface area contributed by atoms with Crippen LogP contribution < -0.4 is 25.6 Å². The van der Waals surface area contributed by atoms with Gasteiger partial charge in [0.15, 0.2) is 5.58 Å². The van der Waals surface area contributed by atoms with E-state index in [9.17, 15) is 9.59 Å². The zero-order valence-electron chi connectivity index (χ0n) is 20.4. The summed E-state index contributed by atoms with van der Waals surface area (Å²) in [5, 5.41) is 3.73. The number of ether oxygens (including phenoxy) is 1. The van der Waals surface area contributed by atoms with Crippen molar-refractivity contribution in [3.8, 4) is 5.75 Å². The Morgan fingerprint density at radius 1 is 1.03 bits per heavy atom. The van der Waals surface area contributed by atoms with E-state index in [4.69, 9.17) is 14.9 Å². The van der Waals surface area contributed by atoms with E-state index in [2.05, 4.69) is 24.1 Å². The molecule has 1 heterocycles. The van der Waals surface area contributed by atoms with Crippen LogP contribution in [0.1, 0.15) is 24.2 Å². The summed E-state index contributed by atoms with van der Waals surface area (Å²) >= 11 is 0. The lowest BCUT2D eigenvalue weighted by Gasteiger charge is -2.21. The number of hydrogen-bond donors (Lipinski definition) is 2. The maximum Gasteiger partial charge on any atom is 0.255 e. The van der Waals surface area contributed by atoms with Crippen molar-refractivity contribution >= 4 is 46.2 Å². The maximum absolute atomic E-state index is 12.5. The Balaban J connectivity index is 1.37. The van der Waals surface area contributed by atoms with Gasteiger partial charge in [0.2, 0.25) is 12.3 Å². The molecule has 8 nitrogen and oxygen atoms in total. The van der Waals surface area contributed by atoms with Gasteiger partial charge in [0.25, 0.3) is 5.91 Å². The number of carbonyl (C=O) groups excluding carboxylic acids is 2. The van der Waals surface area contributed by atoms with E-state index < -0.39 is 0 Å². The number of benzene rings is 3. The molecule has 1 aromatic heterocycles. The van der Waals surface area contributed by atoms with Crippen molar-refractivity contribution in [1.82, 2.24) is 0 Å². The van der Waals surface area contributed by atoms with Crippen LogP contribution in [-0.4, -0.2) is 38.6 Å². The second-order valence-electron chi connectivity index (χ2n) is 8.17. The third kappa shape index (κ3) is 5.43. The number of furan rings is 1. The lowest BCUT2D eigenvalue weighted by atomic mass is 10.2. The number of amides is 2. The van der Waals surface area contributed by atoms with Crippen molar-refractivity contribution in [3.05, 3.63) is 78.4 Å². The summed E-state index contributed by atoms with van der Waals surface area (Å²) in [6.45, 7) is 6.47. The quantitative estimate of drug-likeness (QED) is 0.224. The van der Waals surface area contributed by atoms with Crippen LogP contribution in [0.25, 0.3) is 11.0 Å². The highest BCUT2D eigenvalue weighted by Crippen LogP contribution is 2.33. The molecule has 0 bridgehead atoms. The first-order chi connectivity index (χ1) is 17.5. The minimum absolute atomic E-state index is 0.255. The molecule has 8 heteroatoms. The molecule has 0 fully saturated rings. The highest BCUT2D eigenvalue weighted by atomic mass is 16.5. The van der Waals surface area contributed by atoms with E-state index in [1.54, 1.807) is 48.5 Å². The highest BCUT2D eigenvalue weighted by Gasteiger charge is 2.16. The predicted octanol–water partition coefficient (Wildman–Crippen LogP) is 5.16. The smallest absolute Gasteiger partial charge is 0.255 e. The number of nitrogens with one attached hydrogen (secondary N) is 1. The average molecular weight is 487 g/mol. The number of para-hydroxylation sites is 3. The standard InChI is InChI=1S/C28H30N4O4/c1-3-31(4-2)25-11-7-8-21-18-26(36-27(21)25)32(19-33)16-17-35-22-14-12-20(13-15-22)28(34)30-24-10-6-5-9-23(24)29/h5-15,18-19H,3-4,16-17,29H2,1-2H3,(H,30,34). The van der Waals surface area contributed by atoms with Crippen LogP contribution in [0, 0.1) is 0 Å². The summed E-state index contributed by atoms with van der Waals surface area (Å²) in [5.41, 5.74) is 9.19. The number of rotatable bonds is 11. The monoisotopic (exact) mass is 486 g/mol. The maximum atomic E-state index is 12.5. The summed E-state index contributed by atoms with van der Waals surface area (Å²) in [6, 6.07) is 21.7. The molecule has 0 saturated carbocycles. The molecule has 0 saturated heterocycles. The molecule has 0 atom stereocenters. The Morgan fingerprint density at radius 3 is 2.47 bits per heavy atom. The summed E-state index contributed by atoms with van der Waals surface area (Å²) < 4.78 is 11.9. The van der Waals surface area contributed by atoms with E-state index in [0.29, 0.717) is 35.1 Å². The topological polar surface area (TPSA) is 101 Å². The van der Waals surface area contributed by atoms with Gasteiger partial charge in [-0.1, -0.05) is 24.3 Å². The van der Waals surface area contributed by atoms with Crippen molar-refractivity contribution in [1.29, 1.82) is 0 Å². The summed E-state index contributed by atoms with van der Waals surface area (Å²) in [6.07, 6.45) is 0.737. The summed E-state index contributed by atoms with van der Waals surface area (Å²) in [5.74, 6) is 0.793. The first-order valence-electron chi connectivity index (χ1n) is 11.9. The van der Waals surface area contributed by atoms with Gasteiger partial charge in [0.05, 0.1) is 23.6 Å². The van der Waals surface area contributed by atoms with E-state index in [1.807, 2.05) is 24.3 Å². The van der Waals surface area contributed by atoms with Crippen molar-refractivity contribution < 1.29 is 18.7 Å². The molecule has 4 rings (SSSR count). The van der Waals surface area contributed by atoms with Gasteiger partial charge < -0.3 is 25.1 Å². The fraction of sp³-hybridized carbons (Fsp3) is 0.214. The van der Waals surface area contributed by atoms with Crippen molar-refractivity contribution in [2.45, 2.75) is 13.8 Å². The number of anilines is 4. The molecule has 0 aliphatic rings. The number of fused-ring (bicyclic) bond motifs is 1. The van der Waals surface area contributed by atoms with Gasteiger partial charge in [-0.15, -0.1) is 0 Å². The van der Waals surface area contributed by atoms with Gasteiger partial charge >= 0.3 is 0 Å². The normalized spacial score (nSPS) is 10.7. The fourth-order valence-corrected chi connectivity index (χ4v) is 3.97. The van der Waals surface area contributed by atoms with Gasteiger partial charge in [-0.3, -0.25) is 14.5 Å². The molecule has 186 valence electrons. The Bertz CT molecular complexity index is 1330. The predicted molar refractivity (Wildman–Crippen MR) is 144 cm³/mol. The van der Waals surface area contributed by atoms with Crippen LogP contribution in [0.4, 0.5) is 22.9 Å². The molecular formula is C28H30N4O4. The first kappa shape index (κ1) is 24.7. The van der Waals surface area contributed by atoms with Gasteiger partial charge in [-0.2, -0.15) is 0 Å². The van der Waals surface area contributed by atoms with Crippen LogP contribution in [0.3, 0.4) is 0 Å². The number of hydrogen-bond acceptors (Lipinski definition) is 6. The Hall–Kier alpha value is -4.46. The van der Waals surface area contributed by atoms with E-state index in [-0.39, 0.29) is 12.5 Å². The van der Waals surface area contributed by atoms with Gasteiger partial charge in [0, 0.05) is 30.1 Å². The molecule has 0 aliphatic carbocycles. The molecule has 2 amide bonds. The van der Waals surface area contributed by atoms with Crippen LogP contribution in [0.5, 0.6) is 5.75 Å². The molecule has 3 N–H and O–H groups in total. The molecule has 3 aromatic carbocycles. The lowest BCUT2D eigenvalue weighted by molar-refractivity contribution is -0.107. The van der Waals surface area contributed by atoms with Crippen molar-refractivity contribution in [2.24, 2.45) is 0 Å². The molecule has 0 radical (unpaired) electrons. The number of nitrogen functional groups attached to an aromatic ring is 1. The Kier molecular flexibility index (Phi) is 7.75. The molecule has 36 heavy (non-hydrogen) atoms. The number of nitrogens with two attached hydrogens (primary N) is 1. The minimum atomic E-state index is -0.263. The van der Waals surface area contributed by atoms with E-state index in [1.165, 1.54) is 4.90 Å². The largest absolute Gasteiger partial charge is 0.492 e. The van der Waals surface area contributed by atoms with Crippen LogP contribution in [-0.2, 0) is 4.79 Å². The molecule has 0 aliphatic heterocycles. The van der Waals surface area contributed by atoms with Crippen molar-refractivity contribution in [2.75, 3.05) is 47.1 Å². The summed E-state index contributed by atoms with van der Waals surface area (Å²) in [4.78, 5) is 28.0. The first-order valence-corrected chi connectivity index (χ1v) is 11.9. The van der Waals surface area contributed by atoms with Crippen molar-refractivity contribution in [3.63, 3.8) is 0 Å². The zero-order chi connectivity index (χ0) is 25.5. The van der Waals surface area contributed by atoms with Crippen LogP contribution >= 0.6 is 0 Å². The lowest BCUT2D eigenvalue weighted by Crippen LogP contribution is -2.26. The van der Waals surface area contributed by atoms with Gasteiger partial charge in [-0.25, -0.2) is 0 Å². The Labute approximate surface area is 210 Å². The van der Waals surface area contributed by atoms with Gasteiger partial charge in [-0.05, 0) is 56.3 Å².